The van der Waals surface area contributed by atoms with Gasteiger partial charge in [0, 0.05) is 20.0 Å². The van der Waals surface area contributed by atoms with Crippen LogP contribution in [0.3, 0.4) is 0 Å². The highest BCUT2D eigenvalue weighted by atomic mass is 16.4. The third kappa shape index (κ3) is 3.63. The van der Waals surface area contributed by atoms with Gasteiger partial charge in [-0.1, -0.05) is 29.8 Å². The Balaban J connectivity index is 2.10. The van der Waals surface area contributed by atoms with Crippen molar-refractivity contribution in [3.8, 4) is 0 Å². The third-order valence-electron chi connectivity index (χ3n) is 3.84. The van der Waals surface area contributed by atoms with Crippen LogP contribution in [0.5, 0.6) is 0 Å². The number of likely N-dealkylation sites (N-methyl/N-ethyl adjacent to an activating group) is 1. The second kappa shape index (κ2) is 6.60. The van der Waals surface area contributed by atoms with Gasteiger partial charge >= 0.3 is 5.97 Å². The number of rotatable bonds is 5. The van der Waals surface area contributed by atoms with E-state index in [1.54, 1.807) is 4.90 Å². The minimum atomic E-state index is -1.06. The number of carbonyl (C=O) groups is 3. The van der Waals surface area contributed by atoms with Crippen molar-refractivity contribution in [1.82, 2.24) is 9.80 Å². The van der Waals surface area contributed by atoms with Crippen molar-refractivity contribution < 1.29 is 19.5 Å². The zero-order valence-electron chi connectivity index (χ0n) is 12.8. The Labute approximate surface area is 129 Å². The van der Waals surface area contributed by atoms with Crippen molar-refractivity contribution >= 4 is 17.8 Å². The molecule has 1 saturated heterocycles. The maximum Gasteiger partial charge on any atom is 0.323 e. The van der Waals surface area contributed by atoms with Crippen molar-refractivity contribution in [2.75, 3.05) is 13.6 Å². The summed E-state index contributed by atoms with van der Waals surface area (Å²) in [7, 11) is 1.45. The molecule has 1 fully saturated rings. The summed E-state index contributed by atoms with van der Waals surface area (Å²) < 4.78 is 0. The first-order valence-electron chi connectivity index (χ1n) is 7.20. The van der Waals surface area contributed by atoms with Crippen LogP contribution in [0.2, 0.25) is 0 Å². The lowest BCUT2D eigenvalue weighted by Crippen LogP contribution is -2.46. The molecule has 2 rings (SSSR count). The van der Waals surface area contributed by atoms with Crippen molar-refractivity contribution in [3.63, 3.8) is 0 Å². The van der Waals surface area contributed by atoms with E-state index in [-0.39, 0.29) is 18.4 Å². The molecule has 1 heterocycles. The first kappa shape index (κ1) is 16.0. The molecule has 2 amide bonds. The summed E-state index contributed by atoms with van der Waals surface area (Å²) >= 11 is 0. The van der Waals surface area contributed by atoms with Crippen LogP contribution in [0, 0.1) is 6.92 Å². The van der Waals surface area contributed by atoms with Crippen LogP contribution in [0.4, 0.5) is 0 Å². The molecule has 0 bridgehead atoms. The fourth-order valence-electron chi connectivity index (χ4n) is 2.61. The molecule has 1 N–H and O–H groups in total. The predicted molar refractivity (Wildman–Crippen MR) is 80.0 cm³/mol. The van der Waals surface area contributed by atoms with Gasteiger partial charge in [-0.15, -0.1) is 0 Å². The number of likely N-dealkylation sites (tertiary alicyclic amines) is 1. The minimum Gasteiger partial charge on any atom is -0.480 e. The topological polar surface area (TPSA) is 77.9 Å². The Morgan fingerprint density at radius 3 is 2.55 bits per heavy atom. The molecule has 1 aliphatic rings. The van der Waals surface area contributed by atoms with E-state index in [0.29, 0.717) is 19.4 Å². The van der Waals surface area contributed by atoms with Crippen LogP contribution in [0.15, 0.2) is 24.3 Å². The number of aryl methyl sites for hydroxylation is 1. The van der Waals surface area contributed by atoms with Gasteiger partial charge < -0.3 is 14.9 Å². The number of aliphatic carboxylic acids is 1. The molecule has 0 aromatic heterocycles. The lowest BCUT2D eigenvalue weighted by atomic mass is 10.1. The highest BCUT2D eigenvalue weighted by Crippen LogP contribution is 2.23. The third-order valence-corrected chi connectivity index (χ3v) is 3.84. The zero-order valence-corrected chi connectivity index (χ0v) is 12.8. The van der Waals surface area contributed by atoms with E-state index >= 15 is 0 Å². The Hall–Kier alpha value is -2.37. The average Bonchev–Trinajstić information content (AvgIpc) is 2.81. The van der Waals surface area contributed by atoms with E-state index < -0.39 is 12.0 Å². The molecule has 22 heavy (non-hydrogen) atoms. The number of carboxylic acids is 1. The number of hydrogen-bond acceptors (Lipinski definition) is 3. The van der Waals surface area contributed by atoms with Gasteiger partial charge in [-0.25, -0.2) is 0 Å². The van der Waals surface area contributed by atoms with Crippen molar-refractivity contribution in [1.29, 1.82) is 0 Å². The van der Waals surface area contributed by atoms with Crippen molar-refractivity contribution in [2.24, 2.45) is 0 Å². The van der Waals surface area contributed by atoms with Crippen molar-refractivity contribution in [3.05, 3.63) is 35.4 Å². The molecule has 0 aliphatic carbocycles. The monoisotopic (exact) mass is 304 g/mol. The first-order valence-corrected chi connectivity index (χ1v) is 7.20. The SMILES string of the molecule is Cc1ccc(CN2C(=O)CCC2C(=O)N(C)CC(=O)O)cc1. The van der Waals surface area contributed by atoms with Gasteiger partial charge in [-0.2, -0.15) is 0 Å². The maximum atomic E-state index is 12.3. The van der Waals surface area contributed by atoms with E-state index in [0.717, 1.165) is 16.0 Å². The summed E-state index contributed by atoms with van der Waals surface area (Å²) in [5.41, 5.74) is 2.09. The number of benzene rings is 1. The number of carboxylic acid groups (broad SMARTS) is 1. The minimum absolute atomic E-state index is 0.0670. The Morgan fingerprint density at radius 2 is 1.95 bits per heavy atom. The standard InChI is InChI=1S/C16H20N2O4/c1-11-3-5-12(6-4-11)9-18-13(7-8-14(18)19)16(22)17(2)10-15(20)21/h3-6,13H,7-10H2,1-2H3,(H,20,21). The largest absolute Gasteiger partial charge is 0.480 e. The summed E-state index contributed by atoms with van der Waals surface area (Å²) in [4.78, 5) is 37.8. The van der Waals surface area contributed by atoms with Crippen LogP contribution in [-0.4, -0.2) is 52.3 Å². The Bertz CT molecular complexity index is 582. The van der Waals surface area contributed by atoms with Gasteiger partial charge in [-0.3, -0.25) is 14.4 Å². The van der Waals surface area contributed by atoms with E-state index in [9.17, 15) is 14.4 Å². The first-order chi connectivity index (χ1) is 10.4. The molecule has 0 saturated carbocycles. The smallest absolute Gasteiger partial charge is 0.323 e. The van der Waals surface area contributed by atoms with Crippen LogP contribution in [-0.2, 0) is 20.9 Å². The van der Waals surface area contributed by atoms with Gasteiger partial charge in [0.1, 0.15) is 12.6 Å². The summed E-state index contributed by atoms with van der Waals surface area (Å²) in [6.45, 7) is 2.00. The van der Waals surface area contributed by atoms with Gasteiger partial charge in [0.15, 0.2) is 0 Å². The molecule has 1 aliphatic heterocycles. The summed E-state index contributed by atoms with van der Waals surface area (Å²) in [5, 5.41) is 8.78. The lowest BCUT2D eigenvalue weighted by Gasteiger charge is -2.27. The second-order valence-corrected chi connectivity index (χ2v) is 5.65. The van der Waals surface area contributed by atoms with E-state index in [1.807, 2.05) is 31.2 Å². The molecule has 0 radical (unpaired) electrons. The zero-order chi connectivity index (χ0) is 16.3. The van der Waals surface area contributed by atoms with Gasteiger partial charge in [0.25, 0.3) is 0 Å². The summed E-state index contributed by atoms with van der Waals surface area (Å²) in [5.74, 6) is -1.45. The summed E-state index contributed by atoms with van der Waals surface area (Å²) in [6.07, 6.45) is 0.761. The molecule has 6 nitrogen and oxygen atoms in total. The molecule has 1 atom stereocenters. The fourth-order valence-corrected chi connectivity index (χ4v) is 2.61. The highest BCUT2D eigenvalue weighted by molar-refractivity contribution is 5.92. The number of nitrogens with zero attached hydrogens (tertiary/aromatic N) is 2. The molecular formula is C16H20N2O4. The van der Waals surface area contributed by atoms with Crippen LogP contribution >= 0.6 is 0 Å². The molecular weight excluding hydrogens is 284 g/mol. The molecule has 6 heteroatoms. The number of hydrogen-bond donors (Lipinski definition) is 1. The quantitative estimate of drug-likeness (QED) is 0.881. The van der Waals surface area contributed by atoms with Crippen LogP contribution < -0.4 is 0 Å². The lowest BCUT2D eigenvalue weighted by molar-refractivity contribution is -0.146. The van der Waals surface area contributed by atoms with Crippen LogP contribution in [0.25, 0.3) is 0 Å². The summed E-state index contributed by atoms with van der Waals surface area (Å²) in [6, 6.07) is 7.22. The second-order valence-electron chi connectivity index (χ2n) is 5.65. The Morgan fingerprint density at radius 1 is 1.32 bits per heavy atom. The van der Waals surface area contributed by atoms with Crippen molar-refractivity contribution in [2.45, 2.75) is 32.4 Å². The molecule has 118 valence electrons. The average molecular weight is 304 g/mol. The van der Waals surface area contributed by atoms with E-state index in [1.165, 1.54) is 7.05 Å². The predicted octanol–water partition coefficient (Wildman–Crippen LogP) is 1.03. The number of amides is 2. The normalized spacial score (nSPS) is 17.6. The molecule has 1 unspecified atom stereocenters. The van der Waals surface area contributed by atoms with Crippen LogP contribution in [0.1, 0.15) is 24.0 Å². The Kier molecular flexibility index (Phi) is 4.80. The molecule has 1 aromatic carbocycles. The molecule has 1 aromatic rings. The van der Waals surface area contributed by atoms with Gasteiger partial charge in [0.05, 0.1) is 0 Å². The fraction of sp³-hybridized carbons (Fsp3) is 0.438. The van der Waals surface area contributed by atoms with E-state index in [2.05, 4.69) is 0 Å². The number of carbonyl (C=O) groups excluding carboxylic acids is 2. The van der Waals surface area contributed by atoms with Gasteiger partial charge in [0.2, 0.25) is 11.8 Å². The maximum absolute atomic E-state index is 12.3. The molecule has 0 spiro atoms. The van der Waals surface area contributed by atoms with Gasteiger partial charge in [-0.05, 0) is 18.9 Å². The highest BCUT2D eigenvalue weighted by Gasteiger charge is 2.37. The van der Waals surface area contributed by atoms with E-state index in [4.69, 9.17) is 5.11 Å².